The van der Waals surface area contributed by atoms with E-state index < -0.39 is 16.1 Å². The van der Waals surface area contributed by atoms with Crippen LogP contribution >= 0.6 is 0 Å². The molecular weight excluding hydrogens is 346 g/mol. The molecule has 2 aliphatic rings. The highest BCUT2D eigenvalue weighted by Crippen LogP contribution is 2.34. The number of ether oxygens (including phenoxy) is 2. The molecule has 1 amide bonds. The van der Waals surface area contributed by atoms with Crippen LogP contribution in [0.4, 0.5) is 5.69 Å². The van der Waals surface area contributed by atoms with E-state index in [4.69, 9.17) is 9.47 Å². The van der Waals surface area contributed by atoms with Crippen LogP contribution in [0.5, 0.6) is 5.75 Å². The van der Waals surface area contributed by atoms with Gasteiger partial charge in [-0.1, -0.05) is 12.1 Å². The van der Waals surface area contributed by atoms with Gasteiger partial charge in [0.1, 0.15) is 5.75 Å². The summed E-state index contributed by atoms with van der Waals surface area (Å²) in [7, 11) is -3.49. The molecule has 9 heteroatoms. The molecule has 0 radical (unpaired) electrons. The molecule has 0 aromatic heterocycles. The molecule has 2 heterocycles. The summed E-state index contributed by atoms with van der Waals surface area (Å²) in [5, 5.41) is 2.83. The molecule has 0 saturated carbocycles. The van der Waals surface area contributed by atoms with Gasteiger partial charge in [0.05, 0.1) is 31.7 Å². The van der Waals surface area contributed by atoms with Gasteiger partial charge in [-0.05, 0) is 12.1 Å². The Balaban J connectivity index is 1.61. The number of anilines is 1. The second-order valence-electron chi connectivity index (χ2n) is 6.11. The highest BCUT2D eigenvalue weighted by Gasteiger charge is 2.34. The predicted octanol–water partition coefficient (Wildman–Crippen LogP) is -0.338. The third-order valence-corrected chi connectivity index (χ3v) is 5.40. The lowest BCUT2D eigenvalue weighted by molar-refractivity contribution is -0.127. The monoisotopic (exact) mass is 369 g/mol. The number of rotatable bonds is 5. The van der Waals surface area contributed by atoms with Crippen molar-refractivity contribution in [3.63, 3.8) is 0 Å². The number of nitrogens with one attached hydrogen (secondary N) is 1. The highest BCUT2D eigenvalue weighted by atomic mass is 32.2. The predicted molar refractivity (Wildman–Crippen MR) is 93.3 cm³/mol. The van der Waals surface area contributed by atoms with E-state index in [0.29, 0.717) is 31.2 Å². The van der Waals surface area contributed by atoms with Crippen molar-refractivity contribution in [1.29, 1.82) is 0 Å². The molecule has 1 fully saturated rings. The lowest BCUT2D eigenvalue weighted by Crippen LogP contribution is -2.51. The van der Waals surface area contributed by atoms with E-state index in [-0.39, 0.29) is 12.5 Å². The van der Waals surface area contributed by atoms with Gasteiger partial charge < -0.3 is 14.8 Å². The Bertz CT molecular complexity index is 718. The summed E-state index contributed by atoms with van der Waals surface area (Å²) in [6.07, 6.45) is 0.261. The van der Waals surface area contributed by atoms with Gasteiger partial charge in [0.15, 0.2) is 6.10 Å². The molecule has 138 valence electrons. The Labute approximate surface area is 147 Å². The fourth-order valence-electron chi connectivity index (χ4n) is 2.93. The summed E-state index contributed by atoms with van der Waals surface area (Å²) in [5.74, 6) is 0.0870. The van der Waals surface area contributed by atoms with E-state index in [9.17, 15) is 13.2 Å². The van der Waals surface area contributed by atoms with Crippen LogP contribution in [0.25, 0.3) is 0 Å². The van der Waals surface area contributed by atoms with Crippen molar-refractivity contribution in [3.05, 3.63) is 24.3 Å². The average molecular weight is 369 g/mol. The fourth-order valence-corrected chi connectivity index (χ4v) is 3.84. The first-order valence-corrected chi connectivity index (χ1v) is 10.1. The van der Waals surface area contributed by atoms with Crippen LogP contribution in [-0.4, -0.2) is 77.5 Å². The number of carbonyl (C=O) groups is 1. The molecule has 1 N–H and O–H groups in total. The van der Waals surface area contributed by atoms with E-state index in [1.165, 1.54) is 4.31 Å². The van der Waals surface area contributed by atoms with Crippen molar-refractivity contribution in [3.8, 4) is 5.75 Å². The van der Waals surface area contributed by atoms with Crippen LogP contribution in [-0.2, 0) is 19.6 Å². The molecule has 3 rings (SSSR count). The van der Waals surface area contributed by atoms with Crippen molar-refractivity contribution in [2.24, 2.45) is 0 Å². The van der Waals surface area contributed by atoms with Crippen molar-refractivity contribution >= 4 is 21.6 Å². The zero-order valence-electron chi connectivity index (χ0n) is 14.2. The van der Waals surface area contributed by atoms with Crippen molar-refractivity contribution in [2.45, 2.75) is 6.10 Å². The van der Waals surface area contributed by atoms with E-state index >= 15 is 0 Å². The zero-order chi connectivity index (χ0) is 17.9. The Kier molecular flexibility index (Phi) is 5.45. The smallest absolute Gasteiger partial charge is 0.263 e. The van der Waals surface area contributed by atoms with Crippen LogP contribution in [0.3, 0.4) is 0 Å². The molecule has 2 aliphatic heterocycles. The van der Waals surface area contributed by atoms with Gasteiger partial charge in [-0.15, -0.1) is 0 Å². The molecule has 0 unspecified atom stereocenters. The van der Waals surface area contributed by atoms with Gasteiger partial charge in [-0.25, -0.2) is 8.42 Å². The minimum atomic E-state index is -3.49. The van der Waals surface area contributed by atoms with Gasteiger partial charge in [-0.3, -0.25) is 14.0 Å². The maximum atomic E-state index is 12.4. The van der Waals surface area contributed by atoms with Crippen LogP contribution in [0.15, 0.2) is 24.3 Å². The first kappa shape index (κ1) is 18.0. The third kappa shape index (κ3) is 4.42. The molecule has 0 spiro atoms. The Morgan fingerprint density at radius 3 is 2.72 bits per heavy atom. The van der Waals surface area contributed by atoms with Gasteiger partial charge in [-0.2, -0.15) is 0 Å². The molecular formula is C16H23N3O5S. The second-order valence-corrected chi connectivity index (χ2v) is 8.02. The average Bonchev–Trinajstić information content (AvgIpc) is 2.60. The first-order chi connectivity index (χ1) is 11.9. The Morgan fingerprint density at radius 2 is 2.00 bits per heavy atom. The highest BCUT2D eigenvalue weighted by molar-refractivity contribution is 7.92. The normalized spacial score (nSPS) is 21.3. The number of benzene rings is 1. The number of hydrogen-bond acceptors (Lipinski definition) is 6. The van der Waals surface area contributed by atoms with Crippen LogP contribution < -0.4 is 14.4 Å². The van der Waals surface area contributed by atoms with Crippen LogP contribution in [0.2, 0.25) is 0 Å². The molecule has 8 nitrogen and oxygen atoms in total. The molecule has 0 aliphatic carbocycles. The van der Waals surface area contributed by atoms with E-state index in [1.807, 2.05) is 0 Å². The Hall–Kier alpha value is -1.84. The van der Waals surface area contributed by atoms with Crippen LogP contribution in [0, 0.1) is 0 Å². The summed E-state index contributed by atoms with van der Waals surface area (Å²) >= 11 is 0. The van der Waals surface area contributed by atoms with Crippen molar-refractivity contribution in [2.75, 3.05) is 56.5 Å². The number of carbonyl (C=O) groups excluding carboxylic acids is 1. The summed E-state index contributed by atoms with van der Waals surface area (Å²) in [4.78, 5) is 14.6. The number of nitrogens with zero attached hydrogens (tertiary/aromatic N) is 2. The molecule has 1 atom stereocenters. The summed E-state index contributed by atoms with van der Waals surface area (Å²) < 4.78 is 36.3. The number of para-hydroxylation sites is 2. The van der Waals surface area contributed by atoms with Gasteiger partial charge in [0.2, 0.25) is 10.0 Å². The number of morpholine rings is 1. The largest absolute Gasteiger partial charge is 0.476 e. The number of hydrogen-bond donors (Lipinski definition) is 1. The maximum Gasteiger partial charge on any atom is 0.263 e. The molecule has 1 saturated heterocycles. The fraction of sp³-hybridized carbons (Fsp3) is 0.562. The standard InChI is InChI=1S/C16H23N3O5S/c1-25(21,22)19-12-15(24-14-5-3-2-4-13(14)19)16(20)17-6-7-18-8-10-23-11-9-18/h2-5,15H,6-12H2,1H3,(H,17,20)/t15-/m1/s1. The minimum Gasteiger partial charge on any atom is -0.476 e. The van der Waals surface area contributed by atoms with E-state index in [2.05, 4.69) is 10.2 Å². The van der Waals surface area contributed by atoms with Gasteiger partial charge in [0.25, 0.3) is 5.91 Å². The first-order valence-electron chi connectivity index (χ1n) is 8.26. The number of fused-ring (bicyclic) bond motifs is 1. The zero-order valence-corrected chi connectivity index (χ0v) is 15.0. The van der Waals surface area contributed by atoms with E-state index in [0.717, 1.165) is 25.9 Å². The number of amides is 1. The van der Waals surface area contributed by atoms with Crippen molar-refractivity contribution < 1.29 is 22.7 Å². The molecule has 1 aromatic rings. The van der Waals surface area contributed by atoms with Gasteiger partial charge >= 0.3 is 0 Å². The Morgan fingerprint density at radius 1 is 1.28 bits per heavy atom. The van der Waals surface area contributed by atoms with Crippen molar-refractivity contribution in [1.82, 2.24) is 10.2 Å². The summed E-state index contributed by atoms with van der Waals surface area (Å²) in [6, 6.07) is 6.82. The summed E-state index contributed by atoms with van der Waals surface area (Å²) in [5.41, 5.74) is 0.461. The quantitative estimate of drug-likeness (QED) is 0.764. The lowest BCUT2D eigenvalue weighted by atomic mass is 10.2. The lowest BCUT2D eigenvalue weighted by Gasteiger charge is -2.34. The van der Waals surface area contributed by atoms with Gasteiger partial charge in [0, 0.05) is 26.2 Å². The summed E-state index contributed by atoms with van der Waals surface area (Å²) in [6.45, 7) is 4.31. The van der Waals surface area contributed by atoms with Crippen LogP contribution in [0.1, 0.15) is 0 Å². The van der Waals surface area contributed by atoms with E-state index in [1.54, 1.807) is 24.3 Å². The molecule has 25 heavy (non-hydrogen) atoms. The minimum absolute atomic E-state index is 0.0285. The number of sulfonamides is 1. The second kappa shape index (κ2) is 7.59. The SMILES string of the molecule is CS(=O)(=O)N1C[C@H](C(=O)NCCN2CCOCC2)Oc2ccccc21. The third-order valence-electron chi connectivity index (χ3n) is 4.26. The molecule has 0 bridgehead atoms. The topological polar surface area (TPSA) is 88.2 Å². The maximum absolute atomic E-state index is 12.4. The molecule has 1 aromatic carbocycles.